The first-order valence-electron chi connectivity index (χ1n) is 5.56. The number of halogens is 1. The molecular weight excluding hydrogens is 310 g/mol. The Morgan fingerprint density at radius 3 is 2.74 bits per heavy atom. The van der Waals surface area contributed by atoms with E-state index in [-0.39, 0.29) is 23.6 Å². The van der Waals surface area contributed by atoms with Crippen molar-refractivity contribution >= 4 is 27.6 Å². The van der Waals surface area contributed by atoms with Crippen LogP contribution in [0.5, 0.6) is 5.75 Å². The lowest BCUT2D eigenvalue weighted by Gasteiger charge is -2.06. The number of phenols is 1. The molecule has 3 N–H and O–H groups in total. The summed E-state index contributed by atoms with van der Waals surface area (Å²) in [4.78, 5) is 11.8. The lowest BCUT2D eigenvalue weighted by Crippen LogP contribution is -2.05. The van der Waals surface area contributed by atoms with Gasteiger partial charge in [-0.15, -0.1) is 0 Å². The highest BCUT2D eigenvalue weighted by atomic mass is 79.9. The van der Waals surface area contributed by atoms with Crippen molar-refractivity contribution < 1.29 is 14.6 Å². The van der Waals surface area contributed by atoms with Crippen molar-refractivity contribution in [2.75, 3.05) is 5.73 Å². The van der Waals surface area contributed by atoms with Crippen LogP contribution in [0.4, 0.5) is 5.69 Å². The molecule has 0 atom stereocenters. The Hall–Kier alpha value is -2.01. The summed E-state index contributed by atoms with van der Waals surface area (Å²) in [7, 11) is 0. The summed E-state index contributed by atoms with van der Waals surface area (Å²) in [5.41, 5.74) is 6.83. The average Bonchev–Trinajstić information content (AvgIpc) is 2.39. The molecule has 0 aliphatic heterocycles. The van der Waals surface area contributed by atoms with E-state index in [0.717, 1.165) is 10.0 Å². The molecule has 0 bridgehead atoms. The van der Waals surface area contributed by atoms with Gasteiger partial charge in [-0.3, -0.25) is 0 Å². The number of carbonyl (C=O) groups is 1. The van der Waals surface area contributed by atoms with Gasteiger partial charge in [0, 0.05) is 4.47 Å². The fourth-order valence-electron chi connectivity index (χ4n) is 1.53. The van der Waals surface area contributed by atoms with Crippen molar-refractivity contribution in [2.45, 2.75) is 6.61 Å². The van der Waals surface area contributed by atoms with Gasteiger partial charge in [0.25, 0.3) is 0 Å². The van der Waals surface area contributed by atoms with Crippen LogP contribution >= 0.6 is 15.9 Å². The maximum Gasteiger partial charge on any atom is 0.338 e. The van der Waals surface area contributed by atoms with E-state index in [1.807, 2.05) is 24.3 Å². The van der Waals surface area contributed by atoms with Crippen molar-refractivity contribution in [2.24, 2.45) is 0 Å². The maximum absolute atomic E-state index is 11.8. The quantitative estimate of drug-likeness (QED) is 0.517. The molecule has 0 saturated heterocycles. The van der Waals surface area contributed by atoms with Gasteiger partial charge in [0.2, 0.25) is 0 Å². The Labute approximate surface area is 118 Å². The van der Waals surface area contributed by atoms with Crippen LogP contribution in [0.15, 0.2) is 46.9 Å². The standard InChI is InChI=1S/C14H12BrNO3/c15-11-3-1-2-9(6-11)8-19-14(18)10-4-5-12(16)13(17)7-10/h1-7,17H,8,16H2. The third kappa shape index (κ3) is 3.48. The van der Waals surface area contributed by atoms with Gasteiger partial charge < -0.3 is 15.6 Å². The Morgan fingerprint density at radius 1 is 1.26 bits per heavy atom. The highest BCUT2D eigenvalue weighted by molar-refractivity contribution is 9.10. The van der Waals surface area contributed by atoms with Crippen molar-refractivity contribution in [1.29, 1.82) is 0 Å². The molecule has 0 amide bonds. The van der Waals surface area contributed by atoms with Gasteiger partial charge in [-0.25, -0.2) is 4.79 Å². The molecule has 4 nitrogen and oxygen atoms in total. The highest BCUT2D eigenvalue weighted by Crippen LogP contribution is 2.21. The molecule has 98 valence electrons. The van der Waals surface area contributed by atoms with Gasteiger partial charge in [0.05, 0.1) is 11.3 Å². The molecule has 0 fully saturated rings. The van der Waals surface area contributed by atoms with Crippen LogP contribution in [0, 0.1) is 0 Å². The van der Waals surface area contributed by atoms with Crippen molar-refractivity contribution in [1.82, 2.24) is 0 Å². The van der Waals surface area contributed by atoms with Crippen LogP contribution in [0.25, 0.3) is 0 Å². The molecule has 19 heavy (non-hydrogen) atoms. The number of aromatic hydroxyl groups is 1. The first-order valence-corrected chi connectivity index (χ1v) is 6.35. The zero-order chi connectivity index (χ0) is 13.8. The summed E-state index contributed by atoms with van der Waals surface area (Å²) in [6, 6.07) is 11.7. The fourth-order valence-corrected chi connectivity index (χ4v) is 1.98. The topological polar surface area (TPSA) is 72.6 Å². The van der Waals surface area contributed by atoms with E-state index < -0.39 is 5.97 Å². The number of nitrogen functional groups attached to an aromatic ring is 1. The highest BCUT2D eigenvalue weighted by Gasteiger charge is 2.09. The number of esters is 1. The van der Waals surface area contributed by atoms with E-state index in [4.69, 9.17) is 10.5 Å². The number of nitrogens with two attached hydrogens (primary N) is 1. The summed E-state index contributed by atoms with van der Waals surface area (Å²) < 4.78 is 6.07. The van der Waals surface area contributed by atoms with Crippen LogP contribution in [0.1, 0.15) is 15.9 Å². The van der Waals surface area contributed by atoms with E-state index in [2.05, 4.69) is 15.9 Å². The Bertz CT molecular complexity index is 613. The molecule has 5 heteroatoms. The van der Waals surface area contributed by atoms with Gasteiger partial charge in [0.1, 0.15) is 12.4 Å². The molecule has 2 rings (SSSR count). The normalized spacial score (nSPS) is 10.2. The Morgan fingerprint density at radius 2 is 2.05 bits per heavy atom. The first kappa shape index (κ1) is 13.4. The van der Waals surface area contributed by atoms with Crippen LogP contribution in [0.3, 0.4) is 0 Å². The van der Waals surface area contributed by atoms with Gasteiger partial charge in [-0.05, 0) is 35.9 Å². The van der Waals surface area contributed by atoms with Crippen molar-refractivity contribution in [3.63, 3.8) is 0 Å². The van der Waals surface area contributed by atoms with Gasteiger partial charge >= 0.3 is 5.97 Å². The number of hydrogen-bond acceptors (Lipinski definition) is 4. The van der Waals surface area contributed by atoms with Crippen LogP contribution in [0.2, 0.25) is 0 Å². The summed E-state index contributed by atoms with van der Waals surface area (Å²) >= 11 is 3.34. The summed E-state index contributed by atoms with van der Waals surface area (Å²) in [6.07, 6.45) is 0. The maximum atomic E-state index is 11.8. The minimum Gasteiger partial charge on any atom is -0.506 e. The molecule has 2 aromatic carbocycles. The zero-order valence-corrected chi connectivity index (χ0v) is 11.6. The van der Waals surface area contributed by atoms with Gasteiger partial charge in [-0.2, -0.15) is 0 Å². The number of carbonyl (C=O) groups excluding carboxylic acids is 1. The summed E-state index contributed by atoms with van der Waals surface area (Å²) in [6.45, 7) is 0.170. The third-order valence-corrected chi connectivity index (χ3v) is 3.02. The van der Waals surface area contributed by atoms with E-state index in [1.165, 1.54) is 18.2 Å². The van der Waals surface area contributed by atoms with Crippen molar-refractivity contribution in [3.05, 3.63) is 58.1 Å². The Kier molecular flexibility index (Phi) is 4.06. The fraction of sp³-hybridized carbons (Fsp3) is 0.0714. The van der Waals surface area contributed by atoms with Crippen LogP contribution in [-0.4, -0.2) is 11.1 Å². The smallest absolute Gasteiger partial charge is 0.338 e. The first-order chi connectivity index (χ1) is 9.06. The van der Waals surface area contributed by atoms with Crippen LogP contribution in [-0.2, 0) is 11.3 Å². The van der Waals surface area contributed by atoms with Gasteiger partial charge in [0.15, 0.2) is 0 Å². The molecule has 0 aliphatic carbocycles. The molecule has 0 aliphatic rings. The molecule has 0 aromatic heterocycles. The molecule has 0 saturated carbocycles. The minimum atomic E-state index is -0.504. The van der Waals surface area contributed by atoms with E-state index >= 15 is 0 Å². The minimum absolute atomic E-state index is 0.128. The predicted octanol–water partition coefficient (Wildman–Crippen LogP) is 3.09. The van der Waals surface area contributed by atoms with Gasteiger partial charge in [-0.1, -0.05) is 28.1 Å². The second-order valence-corrected chi connectivity index (χ2v) is 4.90. The van der Waals surface area contributed by atoms with E-state index in [9.17, 15) is 9.90 Å². The molecule has 0 heterocycles. The van der Waals surface area contributed by atoms with E-state index in [1.54, 1.807) is 0 Å². The third-order valence-electron chi connectivity index (χ3n) is 2.53. The monoisotopic (exact) mass is 321 g/mol. The summed E-state index contributed by atoms with van der Waals surface area (Å²) in [5, 5.41) is 9.43. The number of anilines is 1. The zero-order valence-electron chi connectivity index (χ0n) is 9.97. The number of benzene rings is 2. The molecular formula is C14H12BrNO3. The van der Waals surface area contributed by atoms with E-state index in [0.29, 0.717) is 0 Å². The number of rotatable bonds is 3. The number of hydrogen-bond donors (Lipinski definition) is 2. The lowest BCUT2D eigenvalue weighted by atomic mass is 10.2. The SMILES string of the molecule is Nc1ccc(C(=O)OCc2cccc(Br)c2)cc1O. The lowest BCUT2D eigenvalue weighted by molar-refractivity contribution is 0.0472. The number of phenolic OH excluding ortho intramolecular Hbond substituents is 1. The molecule has 2 aromatic rings. The molecule has 0 spiro atoms. The average molecular weight is 322 g/mol. The predicted molar refractivity (Wildman–Crippen MR) is 75.8 cm³/mol. The second kappa shape index (κ2) is 5.75. The van der Waals surface area contributed by atoms with Crippen molar-refractivity contribution in [3.8, 4) is 5.75 Å². The van der Waals surface area contributed by atoms with Crippen LogP contribution < -0.4 is 5.73 Å². The Balaban J connectivity index is 2.03. The second-order valence-electron chi connectivity index (χ2n) is 3.98. The summed E-state index contributed by atoms with van der Waals surface area (Å²) in [5.74, 6) is -0.632. The molecule has 0 radical (unpaired) electrons. The largest absolute Gasteiger partial charge is 0.506 e. The molecule has 0 unspecified atom stereocenters. The number of ether oxygens (including phenoxy) is 1.